The first kappa shape index (κ1) is 26.3. The van der Waals surface area contributed by atoms with Crippen molar-refractivity contribution in [2.45, 2.75) is 26.5 Å². The van der Waals surface area contributed by atoms with Gasteiger partial charge in [-0.15, -0.1) is 0 Å². The number of hydrogen-bond acceptors (Lipinski definition) is 9. The Kier molecular flexibility index (Phi) is 7.97. The number of aromatic nitrogens is 5. The Bertz CT molecular complexity index is 1420. The summed E-state index contributed by atoms with van der Waals surface area (Å²) in [7, 11) is 1.59. The zero-order valence-corrected chi connectivity index (χ0v) is 21.0. The zero-order valence-electron chi connectivity index (χ0n) is 21.0. The number of ether oxygens (including phenoxy) is 2. The van der Waals surface area contributed by atoms with Crippen molar-refractivity contribution in [2.24, 2.45) is 11.7 Å². The van der Waals surface area contributed by atoms with Gasteiger partial charge in [0.1, 0.15) is 11.5 Å². The van der Waals surface area contributed by atoms with E-state index in [9.17, 15) is 14.4 Å². The summed E-state index contributed by atoms with van der Waals surface area (Å²) >= 11 is 0. The van der Waals surface area contributed by atoms with Gasteiger partial charge < -0.3 is 24.9 Å². The molecule has 4 aromatic rings. The van der Waals surface area contributed by atoms with E-state index in [2.05, 4.69) is 20.5 Å². The van der Waals surface area contributed by atoms with E-state index in [0.717, 1.165) is 4.68 Å². The lowest BCUT2D eigenvalue weighted by Gasteiger charge is -2.18. The topological polar surface area (TPSA) is 169 Å². The van der Waals surface area contributed by atoms with Gasteiger partial charge in [0.2, 0.25) is 0 Å². The third-order valence-corrected chi connectivity index (χ3v) is 5.46. The van der Waals surface area contributed by atoms with Crippen molar-refractivity contribution in [3.63, 3.8) is 0 Å². The molecule has 0 bridgehead atoms. The first-order chi connectivity index (χ1) is 18.3. The molecule has 13 nitrogen and oxygen atoms in total. The van der Waals surface area contributed by atoms with E-state index >= 15 is 0 Å². The molecule has 1 atom stereocenters. The van der Waals surface area contributed by atoms with Gasteiger partial charge in [0.25, 0.3) is 11.8 Å². The minimum atomic E-state index is -1.10. The van der Waals surface area contributed by atoms with Crippen LogP contribution in [0.15, 0.2) is 59.5 Å². The number of methoxy groups -OCH3 is 1. The van der Waals surface area contributed by atoms with Crippen molar-refractivity contribution in [1.82, 2.24) is 24.5 Å². The Labute approximate surface area is 217 Å². The maximum absolute atomic E-state index is 13.0. The highest BCUT2D eigenvalue weighted by Crippen LogP contribution is 2.27. The largest absolute Gasteiger partial charge is 0.451 e. The van der Waals surface area contributed by atoms with Crippen LogP contribution in [0.5, 0.6) is 0 Å². The predicted octanol–water partition coefficient (Wildman–Crippen LogP) is 3.06. The van der Waals surface area contributed by atoms with E-state index < -0.39 is 24.0 Å². The van der Waals surface area contributed by atoms with Gasteiger partial charge in [0.05, 0.1) is 36.3 Å². The highest BCUT2D eigenvalue weighted by atomic mass is 16.6. The van der Waals surface area contributed by atoms with Crippen molar-refractivity contribution in [2.75, 3.05) is 19.0 Å². The number of amides is 2. The maximum atomic E-state index is 13.0. The molecule has 13 heteroatoms. The second kappa shape index (κ2) is 11.5. The summed E-state index contributed by atoms with van der Waals surface area (Å²) in [5.41, 5.74) is 7.08. The van der Waals surface area contributed by atoms with E-state index in [1.165, 1.54) is 18.5 Å². The molecule has 38 heavy (non-hydrogen) atoms. The molecule has 0 saturated heterocycles. The number of furan rings is 1. The summed E-state index contributed by atoms with van der Waals surface area (Å²) in [6, 6.07) is 8.50. The smallest absolute Gasteiger partial charge is 0.405 e. The third kappa shape index (κ3) is 5.95. The third-order valence-electron chi connectivity index (χ3n) is 5.46. The molecular formula is C25H27N7O6. The summed E-state index contributed by atoms with van der Waals surface area (Å²) in [6.07, 6.45) is 4.00. The van der Waals surface area contributed by atoms with Gasteiger partial charge in [-0.25, -0.2) is 9.48 Å². The van der Waals surface area contributed by atoms with Crippen LogP contribution in [0.25, 0.3) is 22.7 Å². The maximum Gasteiger partial charge on any atom is 0.405 e. The van der Waals surface area contributed by atoms with E-state index in [1.54, 1.807) is 56.2 Å². The number of nitrogens with two attached hydrogens (primary N) is 1. The highest BCUT2D eigenvalue weighted by Gasteiger charge is 2.28. The van der Waals surface area contributed by atoms with Crippen LogP contribution in [0.2, 0.25) is 0 Å². The first-order valence-electron chi connectivity index (χ1n) is 11.7. The fourth-order valence-electron chi connectivity index (χ4n) is 3.60. The number of anilines is 1. The van der Waals surface area contributed by atoms with Crippen LogP contribution in [0, 0.1) is 5.92 Å². The lowest BCUT2D eigenvalue weighted by atomic mass is 10.1. The molecule has 0 aliphatic heterocycles. The van der Waals surface area contributed by atoms with Gasteiger partial charge in [-0.1, -0.05) is 19.9 Å². The monoisotopic (exact) mass is 521 g/mol. The summed E-state index contributed by atoms with van der Waals surface area (Å²) in [5.74, 6) is -1.05. The molecule has 4 heterocycles. The Morgan fingerprint density at radius 3 is 2.66 bits per heavy atom. The van der Waals surface area contributed by atoms with Gasteiger partial charge in [-0.3, -0.25) is 19.3 Å². The fraction of sp³-hybridized carbons (Fsp3) is 0.280. The average Bonchev–Trinajstić information content (AvgIpc) is 3.65. The number of pyridine rings is 1. The Morgan fingerprint density at radius 2 is 1.97 bits per heavy atom. The number of nitrogens with zero attached hydrogens (tertiary/aromatic N) is 5. The number of nitrogens with one attached hydrogen (secondary N) is 1. The van der Waals surface area contributed by atoms with Crippen LogP contribution in [0.3, 0.4) is 0 Å². The van der Waals surface area contributed by atoms with E-state index in [4.69, 9.17) is 19.6 Å². The van der Waals surface area contributed by atoms with Crippen LogP contribution in [0.1, 0.15) is 29.2 Å². The van der Waals surface area contributed by atoms with Crippen LogP contribution >= 0.6 is 0 Å². The van der Waals surface area contributed by atoms with E-state index in [-0.39, 0.29) is 11.7 Å². The molecule has 0 aliphatic carbocycles. The normalized spacial score (nSPS) is 11.9. The molecule has 4 aromatic heterocycles. The van der Waals surface area contributed by atoms with Crippen molar-refractivity contribution in [1.29, 1.82) is 0 Å². The van der Waals surface area contributed by atoms with E-state index in [1.807, 2.05) is 6.07 Å². The van der Waals surface area contributed by atoms with Gasteiger partial charge >= 0.3 is 6.09 Å². The second-order valence-corrected chi connectivity index (χ2v) is 8.59. The van der Waals surface area contributed by atoms with Crippen LogP contribution in [0.4, 0.5) is 10.5 Å². The molecule has 0 fully saturated rings. The van der Waals surface area contributed by atoms with Gasteiger partial charge in [-0.2, -0.15) is 10.2 Å². The number of primary amides is 1. The van der Waals surface area contributed by atoms with Crippen LogP contribution in [-0.2, 0) is 16.0 Å². The van der Waals surface area contributed by atoms with Crippen molar-refractivity contribution in [3.8, 4) is 22.7 Å². The van der Waals surface area contributed by atoms with Crippen molar-refractivity contribution >= 4 is 23.6 Å². The van der Waals surface area contributed by atoms with Crippen LogP contribution < -0.4 is 11.1 Å². The lowest BCUT2D eigenvalue weighted by Crippen LogP contribution is -2.37. The first-order valence-corrected chi connectivity index (χ1v) is 11.7. The quantitative estimate of drug-likeness (QED) is 0.318. The second-order valence-electron chi connectivity index (χ2n) is 8.59. The molecule has 198 valence electrons. The molecule has 0 saturated carbocycles. The Balaban J connectivity index is 1.52. The Morgan fingerprint density at radius 1 is 1.16 bits per heavy atom. The molecule has 0 aromatic carbocycles. The van der Waals surface area contributed by atoms with Gasteiger partial charge in [0.15, 0.2) is 11.9 Å². The summed E-state index contributed by atoms with van der Waals surface area (Å²) in [5, 5.41) is 11.4. The number of rotatable bonds is 10. The molecule has 0 spiro atoms. The average molecular weight is 522 g/mol. The molecule has 4 rings (SSSR count). The van der Waals surface area contributed by atoms with Gasteiger partial charge in [0, 0.05) is 25.7 Å². The fourth-order valence-corrected chi connectivity index (χ4v) is 3.60. The van der Waals surface area contributed by atoms with Crippen LogP contribution in [-0.4, -0.2) is 62.3 Å². The standard InChI is InChI=1S/C25H27N7O6/c1-15(2)22(38-25(26)35)24(34)32-13-16(12-28-32)19-7-8-20(37-19)23(33)29-18-14-31(10-11-36-3)30-21(18)17-6-4-5-9-27-17/h4-9,12-15,22H,10-11H2,1-3H3,(H2,26,35)(H,29,33)/t22-/m0/s1. The highest BCUT2D eigenvalue weighted by molar-refractivity contribution is 6.04. The minimum Gasteiger partial charge on any atom is -0.451 e. The van der Waals surface area contributed by atoms with E-state index in [0.29, 0.717) is 41.6 Å². The SMILES string of the molecule is COCCn1cc(NC(=O)c2ccc(-c3cnn(C(=O)[C@@H](OC(N)=O)C(C)C)c3)o2)c(-c2ccccn2)n1. The number of carbonyl (C=O) groups is 3. The molecule has 0 unspecified atom stereocenters. The molecule has 0 radical (unpaired) electrons. The summed E-state index contributed by atoms with van der Waals surface area (Å²) < 4.78 is 18.5. The zero-order chi connectivity index (χ0) is 27.2. The molecule has 2 amide bonds. The summed E-state index contributed by atoms with van der Waals surface area (Å²) in [4.78, 5) is 41.3. The number of hydrogen-bond donors (Lipinski definition) is 2. The minimum absolute atomic E-state index is 0.0350. The van der Waals surface area contributed by atoms with Crippen molar-refractivity contribution in [3.05, 3.63) is 60.9 Å². The molecule has 3 N–H and O–H groups in total. The number of carbonyl (C=O) groups excluding carboxylic acids is 3. The predicted molar refractivity (Wildman–Crippen MR) is 135 cm³/mol. The Hall–Kier alpha value is -4.78. The van der Waals surface area contributed by atoms with Crippen molar-refractivity contribution < 1.29 is 28.3 Å². The molecule has 0 aliphatic rings. The van der Waals surface area contributed by atoms with Gasteiger partial charge in [-0.05, 0) is 30.2 Å². The summed E-state index contributed by atoms with van der Waals surface area (Å²) in [6.45, 7) is 4.37. The molecular weight excluding hydrogens is 494 g/mol. The lowest BCUT2D eigenvalue weighted by molar-refractivity contribution is 0.0439.